The minimum absolute atomic E-state index is 0.0480. The molecule has 2 aromatic carbocycles. The smallest absolute Gasteiger partial charge is 0.252 e. The molecule has 0 aliphatic carbocycles. The zero-order valence-corrected chi connectivity index (χ0v) is 17.4. The number of aliphatic hydroxyl groups excluding tert-OH is 1. The Morgan fingerprint density at radius 3 is 2.72 bits per heavy atom. The van der Waals surface area contributed by atoms with Gasteiger partial charge < -0.3 is 25.3 Å². The van der Waals surface area contributed by atoms with Gasteiger partial charge in [0.1, 0.15) is 11.8 Å². The number of para-hydroxylation sites is 2. The monoisotopic (exact) mass is 439 g/mol. The highest BCUT2D eigenvalue weighted by atomic mass is 16.5. The van der Waals surface area contributed by atoms with E-state index >= 15 is 0 Å². The Kier molecular flexibility index (Phi) is 6.64. The van der Waals surface area contributed by atoms with Crippen molar-refractivity contribution in [2.75, 3.05) is 38.2 Å². The Balaban J connectivity index is 1.42. The normalized spacial score (nSPS) is 15.4. The number of nitrogens with zero attached hydrogens (tertiary/aromatic N) is 2. The molecule has 1 aliphatic heterocycles. The van der Waals surface area contributed by atoms with Crippen LogP contribution >= 0.6 is 0 Å². The lowest BCUT2D eigenvalue weighted by Gasteiger charge is -2.26. The van der Waals surface area contributed by atoms with Crippen molar-refractivity contribution in [2.45, 2.75) is 12.6 Å². The number of hydrogen-bond donors (Lipinski definition) is 5. The second-order valence-corrected chi connectivity index (χ2v) is 7.58. The molecule has 2 heterocycles. The molecule has 10 nitrogen and oxygen atoms in total. The van der Waals surface area contributed by atoms with Crippen molar-refractivity contribution in [3.05, 3.63) is 53.6 Å². The number of nitrogens with one attached hydrogen (secondary N) is 3. The summed E-state index contributed by atoms with van der Waals surface area (Å²) in [6, 6.07) is 10.7. The van der Waals surface area contributed by atoms with E-state index in [4.69, 9.17) is 4.74 Å². The van der Waals surface area contributed by atoms with Gasteiger partial charge in [0.05, 0.1) is 30.9 Å². The molecule has 32 heavy (non-hydrogen) atoms. The van der Waals surface area contributed by atoms with Crippen molar-refractivity contribution in [3.63, 3.8) is 0 Å². The number of morpholine rings is 1. The number of anilines is 1. The number of aromatic hydroxyl groups is 1. The summed E-state index contributed by atoms with van der Waals surface area (Å²) < 4.78 is 5.34. The van der Waals surface area contributed by atoms with Crippen molar-refractivity contribution in [3.8, 4) is 5.75 Å². The van der Waals surface area contributed by atoms with Gasteiger partial charge in [-0.25, -0.2) is 4.98 Å². The summed E-state index contributed by atoms with van der Waals surface area (Å²) in [5.74, 6) is -1.03. The topological polar surface area (TPSA) is 140 Å². The van der Waals surface area contributed by atoms with Gasteiger partial charge in [0.2, 0.25) is 5.95 Å². The average Bonchev–Trinajstić information content (AvgIpc) is 3.19. The highest BCUT2D eigenvalue weighted by Gasteiger charge is 2.22. The van der Waals surface area contributed by atoms with Crippen molar-refractivity contribution in [1.82, 2.24) is 20.2 Å². The lowest BCUT2D eigenvalue weighted by Crippen LogP contribution is -2.46. The number of phenolic OH excluding ortho intramolecular Hbond substituents is 1. The number of hydrogen-bond acceptors (Lipinski definition) is 7. The number of benzene rings is 2. The molecule has 1 aliphatic rings. The molecule has 0 bridgehead atoms. The second kappa shape index (κ2) is 9.77. The number of aromatic nitrogens is 2. The third kappa shape index (κ3) is 5.22. The fourth-order valence-electron chi connectivity index (χ4n) is 3.57. The zero-order valence-electron chi connectivity index (χ0n) is 17.4. The number of carbonyl (C=O) groups is 2. The van der Waals surface area contributed by atoms with E-state index in [0.29, 0.717) is 25.3 Å². The van der Waals surface area contributed by atoms with Crippen LogP contribution in [0.3, 0.4) is 0 Å². The van der Waals surface area contributed by atoms with Crippen LogP contribution in [0, 0.1) is 0 Å². The third-order valence-electron chi connectivity index (χ3n) is 5.19. The lowest BCUT2D eigenvalue weighted by molar-refractivity contribution is -0.118. The molecule has 1 saturated heterocycles. The van der Waals surface area contributed by atoms with Gasteiger partial charge >= 0.3 is 0 Å². The number of imidazole rings is 1. The predicted octanol–water partition coefficient (Wildman–Crippen LogP) is 0.830. The van der Waals surface area contributed by atoms with Crippen LogP contribution in [0.5, 0.6) is 5.75 Å². The third-order valence-corrected chi connectivity index (χ3v) is 5.19. The maximum Gasteiger partial charge on any atom is 0.252 e. The molecule has 168 valence electrons. The molecule has 1 unspecified atom stereocenters. The summed E-state index contributed by atoms with van der Waals surface area (Å²) in [4.78, 5) is 34.7. The molecule has 2 amide bonds. The van der Waals surface area contributed by atoms with E-state index in [9.17, 15) is 19.8 Å². The molecule has 1 aromatic heterocycles. The summed E-state index contributed by atoms with van der Waals surface area (Å²) in [6.07, 6.45) is 0. The number of ether oxygens (including phenoxy) is 1. The van der Waals surface area contributed by atoms with Crippen LogP contribution in [0.2, 0.25) is 0 Å². The quantitative estimate of drug-likeness (QED) is 0.367. The van der Waals surface area contributed by atoms with E-state index in [1.807, 2.05) is 18.2 Å². The summed E-state index contributed by atoms with van der Waals surface area (Å²) in [5.41, 5.74) is 2.40. The largest absolute Gasteiger partial charge is 0.508 e. The first-order chi connectivity index (χ1) is 15.5. The maximum absolute atomic E-state index is 12.7. The summed E-state index contributed by atoms with van der Waals surface area (Å²) >= 11 is 0. The van der Waals surface area contributed by atoms with Crippen LogP contribution in [0.25, 0.3) is 11.0 Å². The van der Waals surface area contributed by atoms with Gasteiger partial charge in [-0.05, 0) is 35.9 Å². The van der Waals surface area contributed by atoms with Crippen LogP contribution < -0.4 is 10.6 Å². The zero-order chi connectivity index (χ0) is 22.5. The molecule has 0 saturated carbocycles. The molecule has 5 N–H and O–H groups in total. The molecule has 0 radical (unpaired) electrons. The van der Waals surface area contributed by atoms with Crippen molar-refractivity contribution in [2.24, 2.45) is 0 Å². The highest BCUT2D eigenvalue weighted by Crippen LogP contribution is 2.18. The predicted molar refractivity (Wildman–Crippen MR) is 117 cm³/mol. The molecular formula is C22H25N5O5. The van der Waals surface area contributed by atoms with E-state index in [-0.39, 0.29) is 17.3 Å². The Morgan fingerprint density at radius 2 is 1.97 bits per heavy atom. The van der Waals surface area contributed by atoms with Crippen molar-refractivity contribution < 1.29 is 24.5 Å². The van der Waals surface area contributed by atoms with E-state index in [2.05, 4.69) is 25.5 Å². The number of amides is 2. The van der Waals surface area contributed by atoms with Gasteiger partial charge in [-0.1, -0.05) is 12.1 Å². The second-order valence-electron chi connectivity index (χ2n) is 7.58. The van der Waals surface area contributed by atoms with Crippen LogP contribution in [0.4, 0.5) is 5.95 Å². The summed E-state index contributed by atoms with van der Waals surface area (Å²) in [6.45, 7) is 2.79. The van der Waals surface area contributed by atoms with Crippen LogP contribution in [-0.2, 0) is 16.1 Å². The number of aromatic amines is 1. The molecule has 0 spiro atoms. The Bertz CT molecular complexity index is 1080. The molecule has 4 rings (SSSR count). The first-order valence-electron chi connectivity index (χ1n) is 10.3. The lowest BCUT2D eigenvalue weighted by atomic mass is 10.1. The average molecular weight is 439 g/mol. The van der Waals surface area contributed by atoms with Gasteiger partial charge in [-0.3, -0.25) is 19.8 Å². The van der Waals surface area contributed by atoms with Gasteiger partial charge in [0.25, 0.3) is 11.8 Å². The Labute approximate surface area is 184 Å². The van der Waals surface area contributed by atoms with Crippen LogP contribution in [-0.4, -0.2) is 75.8 Å². The number of carbonyl (C=O) groups excluding carboxylic acids is 2. The van der Waals surface area contributed by atoms with Gasteiger partial charge in [-0.15, -0.1) is 0 Å². The van der Waals surface area contributed by atoms with Crippen LogP contribution in [0.15, 0.2) is 42.5 Å². The fourth-order valence-corrected chi connectivity index (χ4v) is 3.57. The van der Waals surface area contributed by atoms with Crippen molar-refractivity contribution >= 4 is 28.8 Å². The van der Waals surface area contributed by atoms with E-state index in [1.165, 1.54) is 6.07 Å². The van der Waals surface area contributed by atoms with E-state index in [1.54, 1.807) is 18.2 Å². The SMILES string of the molecule is O=C(NC(CO)C(=O)Nc1nc2ccccc2[nH]1)c1cc(O)cc(CN2CCOCC2)c1. The first-order valence-corrected chi connectivity index (χ1v) is 10.3. The number of H-pyrrole nitrogens is 1. The van der Waals surface area contributed by atoms with Gasteiger partial charge in [0, 0.05) is 25.2 Å². The molecule has 1 fully saturated rings. The Morgan fingerprint density at radius 1 is 1.19 bits per heavy atom. The summed E-state index contributed by atoms with van der Waals surface area (Å²) in [7, 11) is 0. The summed E-state index contributed by atoms with van der Waals surface area (Å²) in [5, 5.41) is 24.8. The van der Waals surface area contributed by atoms with Gasteiger partial charge in [0.15, 0.2) is 0 Å². The van der Waals surface area contributed by atoms with E-state index in [0.717, 1.165) is 24.2 Å². The molecule has 1 atom stereocenters. The van der Waals surface area contributed by atoms with Crippen molar-refractivity contribution in [1.29, 1.82) is 0 Å². The first kappa shape index (κ1) is 21.8. The number of rotatable bonds is 7. The Hall–Kier alpha value is -3.47. The molecule has 10 heteroatoms. The number of fused-ring (bicyclic) bond motifs is 1. The highest BCUT2D eigenvalue weighted by molar-refractivity contribution is 6.01. The fraction of sp³-hybridized carbons (Fsp3) is 0.318. The minimum Gasteiger partial charge on any atom is -0.508 e. The van der Waals surface area contributed by atoms with Crippen LogP contribution in [0.1, 0.15) is 15.9 Å². The standard InChI is InChI=1S/C22H25N5O5/c28-13-19(21(31)26-22-24-17-3-1-2-4-18(17)25-22)23-20(30)15-9-14(10-16(29)11-15)12-27-5-7-32-8-6-27/h1-4,9-11,19,28-29H,5-8,12-13H2,(H,23,30)(H2,24,25,26,31). The molecular weight excluding hydrogens is 414 g/mol. The van der Waals surface area contributed by atoms with Gasteiger partial charge in [-0.2, -0.15) is 0 Å². The number of phenols is 1. The minimum atomic E-state index is -1.19. The molecule has 3 aromatic rings. The maximum atomic E-state index is 12.7. The number of aliphatic hydroxyl groups is 1. The van der Waals surface area contributed by atoms with E-state index < -0.39 is 24.5 Å².